The molecule has 1 aromatic carbocycles. The zero-order valence-corrected chi connectivity index (χ0v) is 20.5. The molecule has 9 heteroatoms. The van der Waals surface area contributed by atoms with Crippen LogP contribution in [0.1, 0.15) is 39.3 Å². The summed E-state index contributed by atoms with van der Waals surface area (Å²) in [7, 11) is 1.80. The summed E-state index contributed by atoms with van der Waals surface area (Å²) >= 11 is 6.04. The van der Waals surface area contributed by atoms with E-state index in [-0.39, 0.29) is 29.9 Å². The molecule has 0 atom stereocenters. The SMILES string of the molecule is CC(C)n1cc2c(NC(C)(C)Cc3ccc(Cl)cc3)nc(N3CCN(C)C(=O)C3)nc2c1O. The van der Waals surface area contributed by atoms with Crippen LogP contribution in [0, 0.1) is 0 Å². The number of likely N-dealkylation sites (N-methyl/N-ethyl adjacent to an activating group) is 1. The molecule has 33 heavy (non-hydrogen) atoms. The molecule has 0 saturated carbocycles. The van der Waals surface area contributed by atoms with Crippen molar-refractivity contribution in [1.82, 2.24) is 19.4 Å². The maximum absolute atomic E-state index is 12.3. The smallest absolute Gasteiger partial charge is 0.242 e. The number of hydrogen-bond acceptors (Lipinski definition) is 6. The van der Waals surface area contributed by atoms with E-state index in [1.54, 1.807) is 16.5 Å². The maximum atomic E-state index is 12.3. The van der Waals surface area contributed by atoms with Crippen molar-refractivity contribution in [1.29, 1.82) is 0 Å². The highest BCUT2D eigenvalue weighted by atomic mass is 35.5. The third-order valence-electron chi connectivity index (χ3n) is 5.97. The van der Waals surface area contributed by atoms with E-state index in [0.29, 0.717) is 35.4 Å². The zero-order valence-electron chi connectivity index (χ0n) is 19.8. The van der Waals surface area contributed by atoms with E-state index in [1.165, 1.54) is 0 Å². The number of fused-ring (bicyclic) bond motifs is 1. The number of carbonyl (C=O) groups is 1. The highest BCUT2D eigenvalue weighted by molar-refractivity contribution is 6.30. The third kappa shape index (κ3) is 4.85. The van der Waals surface area contributed by atoms with Crippen molar-refractivity contribution in [2.75, 3.05) is 36.9 Å². The Labute approximate surface area is 199 Å². The van der Waals surface area contributed by atoms with Crippen LogP contribution in [0.15, 0.2) is 30.5 Å². The van der Waals surface area contributed by atoms with Crippen LogP contribution < -0.4 is 10.2 Å². The Kier molecular flexibility index (Phi) is 6.14. The molecule has 0 aliphatic carbocycles. The molecule has 1 saturated heterocycles. The van der Waals surface area contributed by atoms with Crippen molar-refractivity contribution in [2.24, 2.45) is 0 Å². The van der Waals surface area contributed by atoms with Gasteiger partial charge < -0.3 is 24.8 Å². The fourth-order valence-electron chi connectivity index (χ4n) is 4.11. The molecule has 0 radical (unpaired) electrons. The van der Waals surface area contributed by atoms with Crippen molar-refractivity contribution in [2.45, 2.75) is 45.7 Å². The Morgan fingerprint density at radius 2 is 1.88 bits per heavy atom. The largest absolute Gasteiger partial charge is 0.493 e. The van der Waals surface area contributed by atoms with Gasteiger partial charge in [-0.25, -0.2) is 4.98 Å². The molecular weight excluding hydrogens is 440 g/mol. The van der Waals surface area contributed by atoms with Crippen LogP contribution in [0.4, 0.5) is 11.8 Å². The molecule has 1 aliphatic heterocycles. The summed E-state index contributed by atoms with van der Waals surface area (Å²) in [6.45, 7) is 9.66. The molecule has 8 nitrogen and oxygen atoms in total. The van der Waals surface area contributed by atoms with Gasteiger partial charge in [0.2, 0.25) is 17.7 Å². The van der Waals surface area contributed by atoms with Crippen LogP contribution in [0.2, 0.25) is 5.02 Å². The van der Waals surface area contributed by atoms with Gasteiger partial charge in [-0.3, -0.25) is 4.79 Å². The average Bonchev–Trinajstić information content (AvgIpc) is 3.08. The standard InChI is InChI=1S/C24H31ClN6O2/c1-15(2)31-13-18-20(22(31)33)26-23(30-11-10-29(5)19(32)14-30)27-21(18)28-24(3,4)12-16-6-8-17(25)9-7-16/h6-9,13,15,33H,10-12,14H2,1-5H3,(H,26,27,28). The Hall–Kier alpha value is -3.00. The van der Waals surface area contributed by atoms with E-state index in [4.69, 9.17) is 16.6 Å². The second-order valence-electron chi connectivity index (χ2n) is 9.64. The van der Waals surface area contributed by atoms with E-state index in [0.717, 1.165) is 17.4 Å². The number of aromatic nitrogens is 3. The lowest BCUT2D eigenvalue weighted by Crippen LogP contribution is -2.49. The number of anilines is 2. The topological polar surface area (TPSA) is 86.5 Å². The lowest BCUT2D eigenvalue weighted by Gasteiger charge is -2.33. The second-order valence-corrected chi connectivity index (χ2v) is 10.1. The van der Waals surface area contributed by atoms with Crippen molar-refractivity contribution < 1.29 is 9.90 Å². The molecule has 0 spiro atoms. The minimum atomic E-state index is -0.347. The normalized spacial score (nSPS) is 15.1. The maximum Gasteiger partial charge on any atom is 0.242 e. The predicted octanol–water partition coefficient (Wildman–Crippen LogP) is 4.08. The van der Waals surface area contributed by atoms with Gasteiger partial charge in [0.05, 0.1) is 11.9 Å². The first-order valence-corrected chi connectivity index (χ1v) is 11.5. The highest BCUT2D eigenvalue weighted by Gasteiger charge is 2.27. The van der Waals surface area contributed by atoms with Crippen molar-refractivity contribution in [3.05, 3.63) is 41.0 Å². The average molecular weight is 471 g/mol. The van der Waals surface area contributed by atoms with Crippen LogP contribution >= 0.6 is 11.6 Å². The number of halogens is 1. The minimum absolute atomic E-state index is 0.0199. The number of amides is 1. The summed E-state index contributed by atoms with van der Waals surface area (Å²) in [5.74, 6) is 1.19. The summed E-state index contributed by atoms with van der Waals surface area (Å²) in [5, 5.41) is 15.9. The summed E-state index contributed by atoms with van der Waals surface area (Å²) in [6, 6.07) is 7.87. The number of aromatic hydroxyl groups is 1. The Bertz CT molecular complexity index is 1170. The molecule has 1 fully saturated rings. The lowest BCUT2D eigenvalue weighted by atomic mass is 9.95. The van der Waals surface area contributed by atoms with Crippen molar-refractivity contribution in [3.63, 3.8) is 0 Å². The molecule has 176 valence electrons. The number of nitrogens with zero attached hydrogens (tertiary/aromatic N) is 5. The molecule has 2 N–H and O–H groups in total. The summed E-state index contributed by atoms with van der Waals surface area (Å²) in [4.78, 5) is 25.4. The van der Waals surface area contributed by atoms with E-state index < -0.39 is 0 Å². The fraction of sp³-hybridized carbons (Fsp3) is 0.458. The van der Waals surface area contributed by atoms with E-state index >= 15 is 0 Å². The van der Waals surface area contributed by atoms with E-state index in [1.807, 2.05) is 49.2 Å². The monoisotopic (exact) mass is 470 g/mol. The van der Waals surface area contributed by atoms with Crippen LogP contribution in [0.25, 0.3) is 10.9 Å². The molecule has 4 rings (SSSR count). The van der Waals surface area contributed by atoms with Gasteiger partial charge in [0.1, 0.15) is 11.3 Å². The molecular formula is C24H31ClN6O2. The number of benzene rings is 1. The van der Waals surface area contributed by atoms with E-state index in [9.17, 15) is 9.90 Å². The summed E-state index contributed by atoms with van der Waals surface area (Å²) < 4.78 is 1.79. The summed E-state index contributed by atoms with van der Waals surface area (Å²) in [6.07, 6.45) is 2.63. The highest BCUT2D eigenvalue weighted by Crippen LogP contribution is 2.35. The molecule has 1 aliphatic rings. The zero-order chi connectivity index (χ0) is 23.9. The molecule has 2 aromatic heterocycles. The fourth-order valence-corrected chi connectivity index (χ4v) is 4.24. The van der Waals surface area contributed by atoms with Gasteiger partial charge in [-0.05, 0) is 51.8 Å². The van der Waals surface area contributed by atoms with Crippen molar-refractivity contribution >= 4 is 40.2 Å². The molecule has 1 amide bonds. The van der Waals surface area contributed by atoms with Gasteiger partial charge in [0.15, 0.2) is 0 Å². The Morgan fingerprint density at radius 1 is 1.18 bits per heavy atom. The van der Waals surface area contributed by atoms with Gasteiger partial charge >= 0.3 is 0 Å². The van der Waals surface area contributed by atoms with Gasteiger partial charge in [-0.15, -0.1) is 0 Å². The van der Waals surface area contributed by atoms with Crippen LogP contribution in [-0.2, 0) is 11.2 Å². The Balaban J connectivity index is 1.74. The molecule has 3 heterocycles. The van der Waals surface area contributed by atoms with Gasteiger partial charge in [-0.2, -0.15) is 4.98 Å². The van der Waals surface area contributed by atoms with Crippen LogP contribution in [-0.4, -0.2) is 62.7 Å². The quantitative estimate of drug-likeness (QED) is 0.564. The number of rotatable bonds is 6. The van der Waals surface area contributed by atoms with Gasteiger partial charge in [0, 0.05) is 42.9 Å². The minimum Gasteiger partial charge on any atom is -0.493 e. The number of hydrogen-bond donors (Lipinski definition) is 2. The molecule has 3 aromatic rings. The van der Waals surface area contributed by atoms with Crippen LogP contribution in [0.3, 0.4) is 0 Å². The lowest BCUT2D eigenvalue weighted by molar-refractivity contribution is -0.129. The second kappa shape index (κ2) is 8.74. The number of carbonyl (C=O) groups excluding carboxylic acids is 1. The third-order valence-corrected chi connectivity index (χ3v) is 6.22. The van der Waals surface area contributed by atoms with Crippen LogP contribution in [0.5, 0.6) is 5.88 Å². The first-order chi connectivity index (χ1) is 15.5. The van der Waals surface area contributed by atoms with Gasteiger partial charge in [0.25, 0.3) is 0 Å². The number of nitrogens with one attached hydrogen (secondary N) is 1. The Morgan fingerprint density at radius 3 is 2.52 bits per heavy atom. The first-order valence-electron chi connectivity index (χ1n) is 11.2. The first kappa shape index (κ1) is 23.2. The number of piperazine rings is 1. The van der Waals surface area contributed by atoms with Crippen molar-refractivity contribution in [3.8, 4) is 5.88 Å². The summed E-state index contributed by atoms with van der Waals surface area (Å²) in [5.41, 5.74) is 1.28. The predicted molar refractivity (Wildman–Crippen MR) is 132 cm³/mol. The molecule has 0 bridgehead atoms. The molecule has 0 unspecified atom stereocenters. The van der Waals surface area contributed by atoms with E-state index in [2.05, 4.69) is 24.1 Å². The van der Waals surface area contributed by atoms with Gasteiger partial charge in [-0.1, -0.05) is 23.7 Å².